The Bertz CT molecular complexity index is 813. The number of anilines is 1. The summed E-state index contributed by atoms with van der Waals surface area (Å²) in [5.41, 5.74) is 5.45. The fourth-order valence-electron chi connectivity index (χ4n) is 2.23. The molecule has 0 bridgehead atoms. The largest absolute Gasteiger partial charge is 0.416 e. The van der Waals surface area contributed by atoms with E-state index in [1.54, 1.807) is 24.5 Å². The number of aromatic nitrogens is 1. The van der Waals surface area contributed by atoms with Crippen LogP contribution in [0.5, 0.6) is 0 Å². The molecule has 0 aliphatic carbocycles. The Morgan fingerprint density at radius 3 is 2.50 bits per heavy atom. The molecule has 0 fully saturated rings. The van der Waals surface area contributed by atoms with Gasteiger partial charge in [0, 0.05) is 31.2 Å². The molecule has 0 atom stereocenters. The van der Waals surface area contributed by atoms with Crippen LogP contribution in [-0.2, 0) is 33.6 Å². The molecule has 2 aromatic rings. The van der Waals surface area contributed by atoms with Crippen LogP contribution in [0.2, 0.25) is 0 Å². The molecular weight excluding hydrogens is 377 g/mol. The van der Waals surface area contributed by atoms with Gasteiger partial charge in [0.2, 0.25) is 11.8 Å². The second-order valence-corrected chi connectivity index (χ2v) is 5.80. The normalized spacial score (nSPS) is 11.1. The highest BCUT2D eigenvalue weighted by atomic mass is 19.4. The molecule has 28 heavy (non-hydrogen) atoms. The maximum Gasteiger partial charge on any atom is 0.416 e. The molecule has 10 heteroatoms. The van der Waals surface area contributed by atoms with E-state index in [0.29, 0.717) is 0 Å². The van der Waals surface area contributed by atoms with Gasteiger partial charge in [-0.1, -0.05) is 6.07 Å². The van der Waals surface area contributed by atoms with Crippen molar-refractivity contribution in [3.8, 4) is 0 Å². The number of nitrogens with two attached hydrogens (primary N) is 1. The summed E-state index contributed by atoms with van der Waals surface area (Å²) in [5, 5.41) is 4.89. The van der Waals surface area contributed by atoms with Crippen molar-refractivity contribution in [2.24, 2.45) is 5.73 Å². The Morgan fingerprint density at radius 2 is 1.86 bits per heavy atom. The SMILES string of the molecule is NCc1cc(NC(=O)COCC(=O)NCc2cccnc2)cc(C(F)(F)F)c1. The fourth-order valence-corrected chi connectivity index (χ4v) is 2.23. The van der Waals surface area contributed by atoms with Gasteiger partial charge in [0.05, 0.1) is 5.56 Å². The van der Waals surface area contributed by atoms with Gasteiger partial charge in [0.15, 0.2) is 0 Å². The maximum atomic E-state index is 12.9. The monoisotopic (exact) mass is 396 g/mol. The minimum atomic E-state index is -4.56. The first-order valence-corrected chi connectivity index (χ1v) is 8.22. The predicted molar refractivity (Wildman–Crippen MR) is 94.9 cm³/mol. The highest BCUT2D eigenvalue weighted by Gasteiger charge is 2.31. The molecule has 1 aromatic heterocycles. The van der Waals surface area contributed by atoms with Crippen LogP contribution in [0.4, 0.5) is 18.9 Å². The average molecular weight is 396 g/mol. The topological polar surface area (TPSA) is 106 Å². The minimum absolute atomic E-state index is 0.0510. The maximum absolute atomic E-state index is 12.9. The van der Waals surface area contributed by atoms with Gasteiger partial charge in [-0.25, -0.2) is 0 Å². The zero-order chi connectivity index (χ0) is 20.6. The Hall–Kier alpha value is -2.98. The van der Waals surface area contributed by atoms with Crippen LogP contribution < -0.4 is 16.4 Å². The molecule has 7 nitrogen and oxygen atoms in total. The third kappa shape index (κ3) is 6.97. The molecule has 2 amide bonds. The first-order valence-electron chi connectivity index (χ1n) is 8.22. The van der Waals surface area contributed by atoms with Crippen molar-refractivity contribution >= 4 is 17.5 Å². The van der Waals surface area contributed by atoms with E-state index in [9.17, 15) is 22.8 Å². The van der Waals surface area contributed by atoms with E-state index in [4.69, 9.17) is 10.5 Å². The Balaban J connectivity index is 1.80. The summed E-state index contributed by atoms with van der Waals surface area (Å²) in [4.78, 5) is 27.4. The lowest BCUT2D eigenvalue weighted by molar-refractivity contribution is -0.137. The summed E-state index contributed by atoms with van der Waals surface area (Å²) in [7, 11) is 0. The number of amides is 2. The van der Waals surface area contributed by atoms with Crippen molar-refractivity contribution in [1.82, 2.24) is 10.3 Å². The van der Waals surface area contributed by atoms with Gasteiger partial charge >= 0.3 is 6.18 Å². The lowest BCUT2D eigenvalue weighted by atomic mass is 10.1. The van der Waals surface area contributed by atoms with Crippen LogP contribution in [0.15, 0.2) is 42.7 Å². The zero-order valence-corrected chi connectivity index (χ0v) is 14.8. The lowest BCUT2D eigenvalue weighted by Crippen LogP contribution is -2.29. The molecule has 2 rings (SSSR count). The van der Waals surface area contributed by atoms with Gasteiger partial charge in [-0.15, -0.1) is 0 Å². The van der Waals surface area contributed by atoms with Crippen LogP contribution in [0, 0.1) is 0 Å². The molecule has 0 aliphatic heterocycles. The summed E-state index contributed by atoms with van der Waals surface area (Å²) in [5.74, 6) is -1.14. The van der Waals surface area contributed by atoms with Crippen LogP contribution >= 0.6 is 0 Å². The number of hydrogen-bond donors (Lipinski definition) is 3. The molecule has 150 valence electrons. The smallest absolute Gasteiger partial charge is 0.362 e. The molecule has 0 aliphatic rings. The Labute approximate surface area is 159 Å². The number of benzene rings is 1. The first-order chi connectivity index (χ1) is 13.3. The molecule has 0 radical (unpaired) electrons. The van der Waals surface area contributed by atoms with E-state index in [2.05, 4.69) is 15.6 Å². The van der Waals surface area contributed by atoms with E-state index in [1.807, 2.05) is 0 Å². The number of ether oxygens (including phenoxy) is 1. The number of nitrogens with one attached hydrogen (secondary N) is 2. The predicted octanol–water partition coefficient (Wildman–Crippen LogP) is 1.83. The number of halogens is 3. The standard InChI is InChI=1S/C18H19F3N4O3/c19-18(20,21)14-4-13(7-22)5-15(6-14)25-17(27)11-28-10-16(26)24-9-12-2-1-3-23-8-12/h1-6,8H,7,9-11,22H2,(H,24,26)(H,25,27). The van der Waals surface area contributed by atoms with E-state index in [0.717, 1.165) is 17.7 Å². The number of nitrogens with zero attached hydrogens (tertiary/aromatic N) is 1. The van der Waals surface area contributed by atoms with Gasteiger partial charge in [0.1, 0.15) is 13.2 Å². The van der Waals surface area contributed by atoms with Gasteiger partial charge < -0.3 is 21.1 Å². The highest BCUT2D eigenvalue weighted by Crippen LogP contribution is 2.31. The second-order valence-electron chi connectivity index (χ2n) is 5.80. The van der Waals surface area contributed by atoms with Crippen molar-refractivity contribution in [2.45, 2.75) is 19.3 Å². The van der Waals surface area contributed by atoms with Crippen LogP contribution in [0.3, 0.4) is 0 Å². The van der Waals surface area contributed by atoms with E-state index in [1.165, 1.54) is 6.07 Å². The molecule has 0 unspecified atom stereocenters. The van der Waals surface area contributed by atoms with E-state index >= 15 is 0 Å². The number of hydrogen-bond acceptors (Lipinski definition) is 5. The van der Waals surface area contributed by atoms with Crippen molar-refractivity contribution in [2.75, 3.05) is 18.5 Å². The van der Waals surface area contributed by atoms with E-state index in [-0.39, 0.29) is 30.9 Å². The number of pyridine rings is 1. The van der Waals surface area contributed by atoms with Crippen molar-refractivity contribution in [1.29, 1.82) is 0 Å². The summed E-state index contributed by atoms with van der Waals surface area (Å²) in [6, 6.07) is 6.57. The summed E-state index contributed by atoms with van der Waals surface area (Å²) in [6.07, 6.45) is -1.36. The molecule has 0 saturated carbocycles. The summed E-state index contributed by atoms with van der Waals surface area (Å²) >= 11 is 0. The summed E-state index contributed by atoms with van der Waals surface area (Å²) in [6.45, 7) is -0.715. The molecular formula is C18H19F3N4O3. The first kappa shape index (κ1) is 21.3. The molecule has 4 N–H and O–H groups in total. The van der Waals surface area contributed by atoms with Gasteiger partial charge in [-0.2, -0.15) is 13.2 Å². The fraction of sp³-hybridized carbons (Fsp3) is 0.278. The Morgan fingerprint density at radius 1 is 1.11 bits per heavy atom. The third-order valence-corrected chi connectivity index (χ3v) is 3.52. The van der Waals surface area contributed by atoms with Crippen LogP contribution in [0.1, 0.15) is 16.7 Å². The van der Waals surface area contributed by atoms with Gasteiger partial charge in [-0.3, -0.25) is 14.6 Å². The third-order valence-electron chi connectivity index (χ3n) is 3.52. The van der Waals surface area contributed by atoms with Crippen molar-refractivity contribution in [3.05, 3.63) is 59.4 Å². The highest BCUT2D eigenvalue weighted by molar-refractivity contribution is 5.92. The zero-order valence-electron chi connectivity index (χ0n) is 14.8. The van der Waals surface area contributed by atoms with Crippen LogP contribution in [0.25, 0.3) is 0 Å². The second kappa shape index (κ2) is 9.81. The molecule has 0 spiro atoms. The number of alkyl halides is 3. The molecule has 1 aromatic carbocycles. The van der Waals surface area contributed by atoms with Gasteiger partial charge in [0.25, 0.3) is 0 Å². The van der Waals surface area contributed by atoms with Gasteiger partial charge in [-0.05, 0) is 35.4 Å². The number of carbonyl (C=O) groups excluding carboxylic acids is 2. The molecule has 0 saturated heterocycles. The minimum Gasteiger partial charge on any atom is -0.362 e. The number of rotatable bonds is 8. The van der Waals surface area contributed by atoms with Crippen LogP contribution in [-0.4, -0.2) is 30.0 Å². The van der Waals surface area contributed by atoms with Crippen molar-refractivity contribution < 1.29 is 27.5 Å². The van der Waals surface area contributed by atoms with E-state index < -0.39 is 30.2 Å². The summed E-state index contributed by atoms with van der Waals surface area (Å²) < 4.78 is 43.6. The number of carbonyl (C=O) groups is 2. The average Bonchev–Trinajstić information content (AvgIpc) is 2.66. The lowest BCUT2D eigenvalue weighted by Gasteiger charge is -2.12. The van der Waals surface area contributed by atoms with Crippen molar-refractivity contribution in [3.63, 3.8) is 0 Å². The molecule has 1 heterocycles. The quantitative estimate of drug-likeness (QED) is 0.631. The Kier molecular flexibility index (Phi) is 7.47.